The number of carbonyl (C=O) groups is 1. The molecular weight excluding hydrogens is 203 g/mol. The lowest BCUT2D eigenvalue weighted by Gasteiger charge is -2.34. The third kappa shape index (κ3) is 2.32. The van der Waals surface area contributed by atoms with Crippen LogP contribution in [0.3, 0.4) is 0 Å². The van der Waals surface area contributed by atoms with Gasteiger partial charge in [-0.3, -0.25) is 4.79 Å². The summed E-state index contributed by atoms with van der Waals surface area (Å²) in [5.74, 6) is 0.986. The Balaban J connectivity index is 1.93. The van der Waals surface area contributed by atoms with Crippen LogP contribution in [-0.2, 0) is 4.79 Å². The Hall–Kier alpha value is -1.59. The molecule has 1 aromatic rings. The van der Waals surface area contributed by atoms with Gasteiger partial charge in [0.2, 0.25) is 11.9 Å². The van der Waals surface area contributed by atoms with Gasteiger partial charge in [-0.15, -0.1) is 0 Å². The number of rotatable bonds is 2. The van der Waals surface area contributed by atoms with Crippen LogP contribution in [0, 0.1) is 0 Å². The molecule has 0 saturated carbocycles. The lowest BCUT2D eigenvalue weighted by Crippen LogP contribution is -2.49. The standard InChI is InChI=1S/C10H15BN4O/c11-8-9(16)14-4-6-15(7-5-14)10-12-2-1-3-13-10/h1-3H,4-8,11H2. The van der Waals surface area contributed by atoms with E-state index in [0.717, 1.165) is 32.1 Å². The van der Waals surface area contributed by atoms with Crippen LogP contribution in [0.15, 0.2) is 18.5 Å². The number of hydrogen-bond acceptors (Lipinski definition) is 4. The fourth-order valence-electron chi connectivity index (χ4n) is 1.83. The van der Waals surface area contributed by atoms with E-state index in [1.54, 1.807) is 18.5 Å². The quantitative estimate of drug-likeness (QED) is 0.608. The smallest absolute Gasteiger partial charge is 0.225 e. The Labute approximate surface area is 95.9 Å². The van der Waals surface area contributed by atoms with Crippen LogP contribution < -0.4 is 4.90 Å². The predicted molar refractivity (Wildman–Crippen MR) is 64.2 cm³/mol. The van der Waals surface area contributed by atoms with Crippen molar-refractivity contribution in [1.82, 2.24) is 14.9 Å². The molecule has 0 aliphatic carbocycles. The topological polar surface area (TPSA) is 49.3 Å². The molecule has 1 aromatic heterocycles. The molecule has 2 heterocycles. The van der Waals surface area contributed by atoms with E-state index in [0.29, 0.717) is 6.32 Å². The van der Waals surface area contributed by atoms with Crippen LogP contribution in [0.2, 0.25) is 6.32 Å². The van der Waals surface area contributed by atoms with E-state index in [1.807, 2.05) is 12.7 Å². The summed E-state index contributed by atoms with van der Waals surface area (Å²) in [7, 11) is 1.90. The van der Waals surface area contributed by atoms with Crippen LogP contribution in [0.25, 0.3) is 0 Å². The van der Waals surface area contributed by atoms with E-state index < -0.39 is 0 Å². The van der Waals surface area contributed by atoms with Gasteiger partial charge in [0.15, 0.2) is 0 Å². The first-order valence-corrected chi connectivity index (χ1v) is 5.61. The number of anilines is 1. The summed E-state index contributed by atoms with van der Waals surface area (Å²) in [5.41, 5.74) is 0. The molecule has 0 atom stereocenters. The van der Waals surface area contributed by atoms with Crippen LogP contribution in [0.5, 0.6) is 0 Å². The lowest BCUT2D eigenvalue weighted by molar-refractivity contribution is -0.129. The predicted octanol–water partition coefficient (Wildman–Crippen LogP) is -0.823. The summed E-state index contributed by atoms with van der Waals surface area (Å²) in [6.45, 7) is 3.17. The van der Waals surface area contributed by atoms with E-state index in [-0.39, 0.29) is 5.91 Å². The molecule has 0 spiro atoms. The Morgan fingerprint density at radius 3 is 2.44 bits per heavy atom. The van der Waals surface area contributed by atoms with Gasteiger partial charge in [-0.1, -0.05) is 0 Å². The minimum Gasteiger partial charge on any atom is -0.340 e. The molecule has 0 unspecified atom stereocenters. The van der Waals surface area contributed by atoms with Crippen LogP contribution in [0.4, 0.5) is 5.95 Å². The lowest BCUT2D eigenvalue weighted by atomic mass is 10.0. The molecule has 1 amide bonds. The Bertz CT molecular complexity index is 351. The number of amides is 1. The average Bonchev–Trinajstić information content (AvgIpc) is 2.39. The largest absolute Gasteiger partial charge is 0.340 e. The van der Waals surface area contributed by atoms with Gasteiger partial charge in [0.1, 0.15) is 7.85 Å². The van der Waals surface area contributed by atoms with Gasteiger partial charge in [-0.25, -0.2) is 9.97 Å². The van der Waals surface area contributed by atoms with E-state index in [4.69, 9.17) is 0 Å². The first-order valence-electron chi connectivity index (χ1n) is 5.61. The monoisotopic (exact) mass is 218 g/mol. The van der Waals surface area contributed by atoms with Gasteiger partial charge >= 0.3 is 0 Å². The van der Waals surface area contributed by atoms with Gasteiger partial charge in [-0.05, 0) is 12.4 Å². The molecule has 0 radical (unpaired) electrons. The number of aromatic nitrogens is 2. The van der Waals surface area contributed by atoms with Crippen molar-refractivity contribution < 1.29 is 4.79 Å². The van der Waals surface area contributed by atoms with E-state index in [1.165, 1.54) is 0 Å². The zero-order valence-corrected chi connectivity index (χ0v) is 9.46. The van der Waals surface area contributed by atoms with Gasteiger partial charge < -0.3 is 9.80 Å². The van der Waals surface area contributed by atoms with Crippen LogP contribution in [0.1, 0.15) is 0 Å². The summed E-state index contributed by atoms with van der Waals surface area (Å²) in [5, 5.41) is 0. The summed E-state index contributed by atoms with van der Waals surface area (Å²) < 4.78 is 0. The molecule has 1 saturated heterocycles. The Morgan fingerprint density at radius 2 is 1.88 bits per heavy atom. The molecule has 1 aliphatic heterocycles. The molecule has 2 rings (SSSR count). The molecular formula is C10H15BN4O. The second-order valence-electron chi connectivity index (χ2n) is 3.77. The molecule has 1 aliphatic rings. The van der Waals surface area contributed by atoms with Gasteiger partial charge in [0.05, 0.1) is 0 Å². The maximum atomic E-state index is 11.5. The third-order valence-corrected chi connectivity index (χ3v) is 2.77. The third-order valence-electron chi connectivity index (χ3n) is 2.77. The van der Waals surface area contributed by atoms with Gasteiger partial charge in [0.25, 0.3) is 0 Å². The van der Waals surface area contributed by atoms with Crippen LogP contribution >= 0.6 is 0 Å². The summed E-state index contributed by atoms with van der Waals surface area (Å²) >= 11 is 0. The van der Waals surface area contributed by atoms with Crippen molar-refractivity contribution in [3.8, 4) is 0 Å². The highest BCUT2D eigenvalue weighted by molar-refractivity contribution is 6.19. The van der Waals surface area contributed by atoms with Crippen molar-refractivity contribution in [2.45, 2.75) is 6.32 Å². The van der Waals surface area contributed by atoms with Crippen molar-refractivity contribution in [3.05, 3.63) is 18.5 Å². The molecule has 6 heteroatoms. The van der Waals surface area contributed by atoms with Gasteiger partial charge in [0, 0.05) is 38.6 Å². The second-order valence-corrected chi connectivity index (χ2v) is 3.77. The molecule has 0 aromatic carbocycles. The van der Waals surface area contributed by atoms with Crippen molar-refractivity contribution in [2.75, 3.05) is 31.1 Å². The summed E-state index contributed by atoms with van der Waals surface area (Å²) in [4.78, 5) is 23.9. The maximum absolute atomic E-state index is 11.5. The zero-order chi connectivity index (χ0) is 11.4. The summed E-state index contributed by atoms with van der Waals surface area (Å²) in [6.07, 6.45) is 4.07. The molecule has 1 fully saturated rings. The molecule has 0 N–H and O–H groups in total. The van der Waals surface area contributed by atoms with Crippen molar-refractivity contribution in [2.24, 2.45) is 0 Å². The first-order chi connectivity index (χ1) is 7.81. The second kappa shape index (κ2) is 4.96. The Morgan fingerprint density at radius 1 is 1.25 bits per heavy atom. The molecule has 84 valence electrons. The molecule has 0 bridgehead atoms. The van der Waals surface area contributed by atoms with Crippen molar-refractivity contribution in [3.63, 3.8) is 0 Å². The van der Waals surface area contributed by atoms with Crippen molar-refractivity contribution >= 4 is 19.7 Å². The SMILES string of the molecule is BCC(=O)N1CCN(c2ncccn2)CC1. The van der Waals surface area contributed by atoms with E-state index >= 15 is 0 Å². The highest BCUT2D eigenvalue weighted by Gasteiger charge is 2.20. The number of nitrogens with zero attached hydrogens (tertiary/aromatic N) is 4. The van der Waals surface area contributed by atoms with Crippen LogP contribution in [-0.4, -0.2) is 54.8 Å². The first kappa shape index (κ1) is 10.9. The van der Waals surface area contributed by atoms with Crippen molar-refractivity contribution in [1.29, 1.82) is 0 Å². The Kier molecular flexibility index (Phi) is 3.39. The fraction of sp³-hybridized carbons (Fsp3) is 0.500. The molecule has 5 nitrogen and oxygen atoms in total. The maximum Gasteiger partial charge on any atom is 0.225 e. The fourth-order valence-corrected chi connectivity index (χ4v) is 1.83. The zero-order valence-electron chi connectivity index (χ0n) is 9.46. The number of piperazine rings is 1. The minimum absolute atomic E-state index is 0.230. The number of carbonyl (C=O) groups excluding carboxylic acids is 1. The van der Waals surface area contributed by atoms with E-state index in [9.17, 15) is 4.79 Å². The van der Waals surface area contributed by atoms with Gasteiger partial charge in [-0.2, -0.15) is 0 Å². The molecule has 16 heavy (non-hydrogen) atoms. The average molecular weight is 218 g/mol. The number of hydrogen-bond donors (Lipinski definition) is 0. The summed E-state index contributed by atoms with van der Waals surface area (Å²) in [6, 6.07) is 1.81. The van der Waals surface area contributed by atoms with E-state index in [2.05, 4.69) is 14.9 Å². The highest BCUT2D eigenvalue weighted by Crippen LogP contribution is 2.09. The normalized spacial score (nSPS) is 16.2. The minimum atomic E-state index is 0.230. The highest BCUT2D eigenvalue weighted by atomic mass is 16.2.